The van der Waals surface area contributed by atoms with Gasteiger partial charge >= 0.3 is 0 Å². The SMILES string of the molecule is COc1ccc(C=CCN=[N+]=[N-])cc1OCc1ccccc1. The fourth-order valence-electron chi connectivity index (χ4n) is 1.92. The van der Waals surface area contributed by atoms with E-state index in [1.807, 2.05) is 54.6 Å². The van der Waals surface area contributed by atoms with Crippen molar-refractivity contribution in [1.82, 2.24) is 0 Å². The minimum Gasteiger partial charge on any atom is -0.493 e. The second-order valence-electron chi connectivity index (χ2n) is 4.50. The highest BCUT2D eigenvalue weighted by Crippen LogP contribution is 2.29. The summed E-state index contributed by atoms with van der Waals surface area (Å²) in [5.74, 6) is 1.36. The molecule has 0 saturated carbocycles. The van der Waals surface area contributed by atoms with Crippen LogP contribution in [0.15, 0.2) is 59.7 Å². The zero-order valence-electron chi connectivity index (χ0n) is 12.3. The summed E-state index contributed by atoms with van der Waals surface area (Å²) in [7, 11) is 1.61. The zero-order chi connectivity index (χ0) is 15.6. The van der Waals surface area contributed by atoms with Crippen LogP contribution in [-0.4, -0.2) is 13.7 Å². The number of ether oxygens (including phenoxy) is 2. The molecule has 0 aliphatic heterocycles. The van der Waals surface area contributed by atoms with Gasteiger partial charge in [-0.3, -0.25) is 0 Å². The van der Waals surface area contributed by atoms with E-state index < -0.39 is 0 Å². The molecule has 0 saturated heterocycles. The fraction of sp³-hybridized carbons (Fsp3) is 0.176. The quantitative estimate of drug-likeness (QED) is 0.425. The maximum Gasteiger partial charge on any atom is 0.162 e. The molecular weight excluding hydrogens is 278 g/mol. The molecule has 22 heavy (non-hydrogen) atoms. The van der Waals surface area contributed by atoms with Crippen molar-refractivity contribution >= 4 is 6.08 Å². The molecule has 2 aromatic rings. The molecule has 0 aromatic heterocycles. The van der Waals surface area contributed by atoms with Gasteiger partial charge in [0.05, 0.1) is 7.11 Å². The summed E-state index contributed by atoms with van der Waals surface area (Å²) < 4.78 is 11.2. The van der Waals surface area contributed by atoms with Gasteiger partial charge in [0.15, 0.2) is 11.5 Å². The largest absolute Gasteiger partial charge is 0.493 e. The summed E-state index contributed by atoms with van der Waals surface area (Å²) >= 11 is 0. The molecule has 0 fully saturated rings. The number of methoxy groups -OCH3 is 1. The molecule has 0 N–H and O–H groups in total. The lowest BCUT2D eigenvalue weighted by atomic mass is 10.2. The van der Waals surface area contributed by atoms with E-state index in [2.05, 4.69) is 10.0 Å². The van der Waals surface area contributed by atoms with Gasteiger partial charge in [-0.2, -0.15) is 0 Å². The number of hydrogen-bond donors (Lipinski definition) is 0. The number of rotatable bonds is 7. The molecule has 0 unspecified atom stereocenters. The van der Waals surface area contributed by atoms with E-state index in [-0.39, 0.29) is 0 Å². The van der Waals surface area contributed by atoms with Crippen LogP contribution in [0.5, 0.6) is 11.5 Å². The van der Waals surface area contributed by atoms with Gasteiger partial charge in [0.2, 0.25) is 0 Å². The van der Waals surface area contributed by atoms with E-state index in [9.17, 15) is 0 Å². The first-order chi connectivity index (χ1) is 10.8. The van der Waals surface area contributed by atoms with Crippen molar-refractivity contribution < 1.29 is 9.47 Å². The predicted molar refractivity (Wildman–Crippen MR) is 86.8 cm³/mol. The molecule has 0 heterocycles. The molecule has 5 heteroatoms. The fourth-order valence-corrected chi connectivity index (χ4v) is 1.92. The topological polar surface area (TPSA) is 67.2 Å². The Labute approximate surface area is 129 Å². The molecule has 0 amide bonds. The van der Waals surface area contributed by atoms with Crippen molar-refractivity contribution in [3.05, 3.63) is 76.2 Å². The number of benzene rings is 2. The second kappa shape index (κ2) is 8.39. The molecule has 0 atom stereocenters. The summed E-state index contributed by atoms with van der Waals surface area (Å²) in [5.41, 5.74) is 10.3. The number of hydrogen-bond acceptors (Lipinski definition) is 3. The Balaban J connectivity index is 2.10. The van der Waals surface area contributed by atoms with Crippen LogP contribution in [0.1, 0.15) is 11.1 Å². The van der Waals surface area contributed by atoms with Crippen LogP contribution in [0.4, 0.5) is 0 Å². The summed E-state index contributed by atoms with van der Waals surface area (Å²) in [6, 6.07) is 15.6. The lowest BCUT2D eigenvalue weighted by Gasteiger charge is -2.11. The van der Waals surface area contributed by atoms with Gasteiger partial charge < -0.3 is 9.47 Å². The lowest BCUT2D eigenvalue weighted by Crippen LogP contribution is -1.97. The van der Waals surface area contributed by atoms with E-state index in [0.717, 1.165) is 11.1 Å². The Morgan fingerprint density at radius 3 is 2.68 bits per heavy atom. The van der Waals surface area contributed by atoms with Gasteiger partial charge in [0.1, 0.15) is 6.61 Å². The van der Waals surface area contributed by atoms with Crippen molar-refractivity contribution in [3.63, 3.8) is 0 Å². The van der Waals surface area contributed by atoms with E-state index in [1.165, 1.54) is 0 Å². The average Bonchev–Trinajstić information content (AvgIpc) is 2.58. The van der Waals surface area contributed by atoms with Crippen LogP contribution >= 0.6 is 0 Å². The third-order valence-corrected chi connectivity index (χ3v) is 2.99. The molecule has 2 aromatic carbocycles. The highest BCUT2D eigenvalue weighted by Gasteiger charge is 2.05. The third-order valence-electron chi connectivity index (χ3n) is 2.99. The number of nitrogens with zero attached hydrogens (tertiary/aromatic N) is 3. The monoisotopic (exact) mass is 295 g/mol. The van der Waals surface area contributed by atoms with Crippen molar-refractivity contribution in [2.75, 3.05) is 13.7 Å². The van der Waals surface area contributed by atoms with Gasteiger partial charge in [-0.25, -0.2) is 0 Å². The summed E-state index contributed by atoms with van der Waals surface area (Å²) in [4.78, 5) is 2.70. The van der Waals surface area contributed by atoms with Crippen molar-refractivity contribution in [3.8, 4) is 11.5 Å². The Morgan fingerprint density at radius 1 is 1.14 bits per heavy atom. The van der Waals surface area contributed by atoms with Gasteiger partial charge in [-0.05, 0) is 28.8 Å². The van der Waals surface area contributed by atoms with Crippen LogP contribution in [0.25, 0.3) is 16.5 Å². The first-order valence-electron chi connectivity index (χ1n) is 6.85. The van der Waals surface area contributed by atoms with Crippen LogP contribution in [0, 0.1) is 0 Å². The summed E-state index contributed by atoms with van der Waals surface area (Å²) in [6.45, 7) is 0.797. The predicted octanol–water partition coefficient (Wildman–Crippen LogP) is 4.60. The minimum absolute atomic E-state index is 0.322. The van der Waals surface area contributed by atoms with Crippen molar-refractivity contribution in [2.24, 2.45) is 5.11 Å². The summed E-state index contributed by atoms with van der Waals surface area (Å²) in [5, 5.41) is 3.46. The third kappa shape index (κ3) is 4.58. The maximum atomic E-state index is 8.24. The zero-order valence-corrected chi connectivity index (χ0v) is 12.3. The second-order valence-corrected chi connectivity index (χ2v) is 4.50. The molecule has 0 aliphatic rings. The van der Waals surface area contributed by atoms with E-state index in [4.69, 9.17) is 15.0 Å². The Bertz CT molecular complexity index is 678. The molecule has 2 rings (SSSR count). The molecule has 5 nitrogen and oxygen atoms in total. The molecule has 0 bridgehead atoms. The van der Waals surface area contributed by atoms with E-state index in [0.29, 0.717) is 24.7 Å². The van der Waals surface area contributed by atoms with E-state index in [1.54, 1.807) is 13.2 Å². The molecular formula is C17H17N3O2. The molecule has 0 spiro atoms. The normalized spacial score (nSPS) is 10.2. The number of azide groups is 1. The van der Waals surface area contributed by atoms with Crippen LogP contribution in [0.3, 0.4) is 0 Å². The first-order valence-corrected chi connectivity index (χ1v) is 6.85. The van der Waals surface area contributed by atoms with Crippen LogP contribution in [0.2, 0.25) is 0 Å². The van der Waals surface area contributed by atoms with Gasteiger partial charge in [-0.1, -0.05) is 53.7 Å². The van der Waals surface area contributed by atoms with Crippen molar-refractivity contribution in [1.29, 1.82) is 0 Å². The Hall–Kier alpha value is -2.91. The smallest absolute Gasteiger partial charge is 0.162 e. The highest BCUT2D eigenvalue weighted by molar-refractivity contribution is 5.56. The van der Waals surface area contributed by atoms with Crippen LogP contribution < -0.4 is 9.47 Å². The molecule has 0 aliphatic carbocycles. The van der Waals surface area contributed by atoms with E-state index >= 15 is 0 Å². The van der Waals surface area contributed by atoms with Crippen molar-refractivity contribution in [2.45, 2.75) is 6.61 Å². The Morgan fingerprint density at radius 2 is 1.95 bits per heavy atom. The summed E-state index contributed by atoms with van der Waals surface area (Å²) in [6.07, 6.45) is 3.67. The highest BCUT2D eigenvalue weighted by atomic mass is 16.5. The average molecular weight is 295 g/mol. The standard InChI is InChI=1S/C17H17N3O2/c1-21-16-10-9-14(8-5-11-19-20-18)12-17(16)22-13-15-6-3-2-4-7-15/h2-10,12H,11,13H2,1H3. The van der Waals surface area contributed by atoms with Crippen LogP contribution in [-0.2, 0) is 6.61 Å². The van der Waals surface area contributed by atoms with Gasteiger partial charge in [0, 0.05) is 11.5 Å². The maximum absolute atomic E-state index is 8.24. The minimum atomic E-state index is 0.322. The molecule has 0 radical (unpaired) electrons. The van der Waals surface area contributed by atoms with Gasteiger partial charge in [0.25, 0.3) is 0 Å². The first kappa shape index (κ1) is 15.5. The Kier molecular flexibility index (Phi) is 5.91. The lowest BCUT2D eigenvalue weighted by molar-refractivity contribution is 0.284. The molecule has 112 valence electrons. The van der Waals surface area contributed by atoms with Gasteiger partial charge in [-0.15, -0.1) is 0 Å².